The number of fused-ring (bicyclic) bond motifs is 2. The van der Waals surface area contributed by atoms with E-state index in [2.05, 4.69) is 0 Å². The zero-order valence-corrected chi connectivity index (χ0v) is 14.7. The normalized spacial score (nSPS) is 11.1. The summed E-state index contributed by atoms with van der Waals surface area (Å²) in [5, 5.41) is 0. The van der Waals surface area contributed by atoms with Crippen LogP contribution in [0.4, 0.5) is 0 Å². The molecule has 0 aliphatic carbocycles. The van der Waals surface area contributed by atoms with Crippen LogP contribution < -0.4 is 4.74 Å². The fourth-order valence-corrected chi connectivity index (χ4v) is 3.28. The lowest BCUT2D eigenvalue weighted by Crippen LogP contribution is -2.01. The number of methoxy groups -OCH3 is 1. The number of nitrogens with zero attached hydrogens (tertiary/aromatic N) is 4. The van der Waals surface area contributed by atoms with Crippen LogP contribution in [-0.4, -0.2) is 26.6 Å². The van der Waals surface area contributed by atoms with Crippen LogP contribution in [0.2, 0.25) is 0 Å². The summed E-state index contributed by atoms with van der Waals surface area (Å²) in [5.41, 5.74) is 4.85. The molecule has 2 heterocycles. The highest BCUT2D eigenvalue weighted by molar-refractivity contribution is 5.86. The summed E-state index contributed by atoms with van der Waals surface area (Å²) in [6.07, 6.45) is 0. The number of imidazole rings is 1. The Morgan fingerprint density at radius 1 is 0.704 bits per heavy atom. The summed E-state index contributed by atoms with van der Waals surface area (Å²) in [5.74, 6) is 1.54. The van der Waals surface area contributed by atoms with Gasteiger partial charge >= 0.3 is 0 Å². The highest BCUT2D eigenvalue weighted by Gasteiger charge is 2.19. The minimum atomic E-state index is 0.610. The van der Waals surface area contributed by atoms with Crippen molar-refractivity contribution in [1.29, 1.82) is 0 Å². The first-order chi connectivity index (χ1) is 13.3. The number of hydrogen-bond acceptors (Lipinski definition) is 4. The lowest BCUT2D eigenvalue weighted by atomic mass is 10.2. The van der Waals surface area contributed by atoms with Gasteiger partial charge in [-0.15, -0.1) is 0 Å². The number of ether oxygens (including phenoxy) is 1. The number of para-hydroxylation sites is 4. The van der Waals surface area contributed by atoms with Crippen molar-refractivity contribution in [3.63, 3.8) is 0 Å². The second-order valence-corrected chi connectivity index (χ2v) is 6.17. The van der Waals surface area contributed by atoms with E-state index in [1.807, 2.05) is 83.4 Å². The van der Waals surface area contributed by atoms with Crippen LogP contribution in [0, 0.1) is 0 Å². The van der Waals surface area contributed by atoms with E-state index >= 15 is 0 Å². The number of aromatic nitrogens is 4. The van der Waals surface area contributed by atoms with Gasteiger partial charge in [-0.2, -0.15) is 0 Å². The topological polar surface area (TPSA) is 52.8 Å². The Labute approximate surface area is 155 Å². The number of rotatable bonds is 3. The van der Waals surface area contributed by atoms with E-state index in [9.17, 15) is 0 Å². The van der Waals surface area contributed by atoms with Crippen molar-refractivity contribution in [3.8, 4) is 22.8 Å². The highest BCUT2D eigenvalue weighted by Crippen LogP contribution is 2.32. The van der Waals surface area contributed by atoms with E-state index in [1.54, 1.807) is 7.11 Å². The molecule has 0 N–H and O–H groups in total. The molecule has 3 aromatic carbocycles. The summed E-state index contributed by atoms with van der Waals surface area (Å²) in [6, 6.07) is 25.8. The lowest BCUT2D eigenvalue weighted by molar-refractivity contribution is 0.413. The Balaban J connectivity index is 1.91. The molecule has 0 radical (unpaired) electrons. The Morgan fingerprint density at radius 3 is 2.15 bits per heavy atom. The van der Waals surface area contributed by atoms with Crippen LogP contribution in [-0.2, 0) is 0 Å². The van der Waals surface area contributed by atoms with Gasteiger partial charge in [-0.05, 0) is 24.3 Å². The Kier molecular flexibility index (Phi) is 3.57. The van der Waals surface area contributed by atoms with Crippen LogP contribution in [0.5, 0.6) is 5.75 Å². The van der Waals surface area contributed by atoms with Crippen molar-refractivity contribution in [2.45, 2.75) is 0 Å². The maximum absolute atomic E-state index is 5.60. The van der Waals surface area contributed by atoms with Gasteiger partial charge in [0.15, 0.2) is 11.3 Å². The molecule has 0 bridgehead atoms. The van der Waals surface area contributed by atoms with Crippen LogP contribution in [0.3, 0.4) is 0 Å². The summed E-state index contributed by atoms with van der Waals surface area (Å²) in [7, 11) is 1.67. The van der Waals surface area contributed by atoms with Crippen LogP contribution in [0.25, 0.3) is 39.4 Å². The van der Waals surface area contributed by atoms with Gasteiger partial charge in [0.05, 0.1) is 23.8 Å². The smallest absolute Gasteiger partial charge is 0.199 e. The minimum absolute atomic E-state index is 0.610. The molecule has 5 rings (SSSR count). The minimum Gasteiger partial charge on any atom is -0.495 e. The second-order valence-electron chi connectivity index (χ2n) is 6.17. The van der Waals surface area contributed by atoms with Crippen LogP contribution >= 0.6 is 0 Å². The van der Waals surface area contributed by atoms with Crippen molar-refractivity contribution in [2.75, 3.05) is 7.11 Å². The van der Waals surface area contributed by atoms with Gasteiger partial charge in [-0.3, -0.25) is 4.57 Å². The average Bonchev–Trinajstić information content (AvgIpc) is 3.10. The van der Waals surface area contributed by atoms with E-state index in [0.29, 0.717) is 11.3 Å². The monoisotopic (exact) mass is 352 g/mol. The molecular formula is C22H16N4O. The second kappa shape index (κ2) is 6.21. The van der Waals surface area contributed by atoms with Crippen molar-refractivity contribution < 1.29 is 4.74 Å². The first kappa shape index (κ1) is 15.5. The van der Waals surface area contributed by atoms with Crippen molar-refractivity contribution >= 4 is 22.3 Å². The van der Waals surface area contributed by atoms with E-state index in [4.69, 9.17) is 19.7 Å². The summed E-state index contributed by atoms with van der Waals surface area (Å²) in [4.78, 5) is 14.4. The summed E-state index contributed by atoms with van der Waals surface area (Å²) in [6.45, 7) is 0. The number of benzene rings is 3. The van der Waals surface area contributed by atoms with Gasteiger partial charge in [0, 0.05) is 5.56 Å². The molecule has 0 saturated heterocycles. The van der Waals surface area contributed by atoms with E-state index in [1.165, 1.54) is 0 Å². The molecule has 0 fully saturated rings. The van der Waals surface area contributed by atoms with Crippen molar-refractivity contribution in [1.82, 2.24) is 19.5 Å². The van der Waals surface area contributed by atoms with Gasteiger partial charge in [0.2, 0.25) is 0 Å². The van der Waals surface area contributed by atoms with Crippen molar-refractivity contribution in [3.05, 3.63) is 78.9 Å². The summed E-state index contributed by atoms with van der Waals surface area (Å²) < 4.78 is 7.62. The Bertz CT molecular complexity index is 1260. The fraction of sp³-hybridized carbons (Fsp3) is 0.0455. The molecule has 0 aliphatic heterocycles. The summed E-state index contributed by atoms with van der Waals surface area (Å²) >= 11 is 0. The van der Waals surface area contributed by atoms with E-state index in [0.717, 1.165) is 33.9 Å². The average molecular weight is 352 g/mol. The Morgan fingerprint density at radius 2 is 1.37 bits per heavy atom. The predicted molar refractivity (Wildman–Crippen MR) is 106 cm³/mol. The van der Waals surface area contributed by atoms with Gasteiger partial charge in [0.25, 0.3) is 0 Å². The first-order valence-electron chi connectivity index (χ1n) is 8.69. The third-order valence-electron chi connectivity index (χ3n) is 4.53. The zero-order valence-electron chi connectivity index (χ0n) is 14.7. The molecule has 27 heavy (non-hydrogen) atoms. The lowest BCUT2D eigenvalue weighted by Gasteiger charge is -2.12. The molecule has 5 heteroatoms. The van der Waals surface area contributed by atoms with Crippen LogP contribution in [0.15, 0.2) is 78.9 Å². The molecule has 0 unspecified atom stereocenters. The third-order valence-corrected chi connectivity index (χ3v) is 4.53. The largest absolute Gasteiger partial charge is 0.495 e. The zero-order chi connectivity index (χ0) is 18.2. The van der Waals surface area contributed by atoms with E-state index in [-0.39, 0.29) is 0 Å². The molecule has 0 saturated carbocycles. The van der Waals surface area contributed by atoms with Gasteiger partial charge in [0.1, 0.15) is 11.6 Å². The quantitative estimate of drug-likeness (QED) is 0.474. The third kappa shape index (κ3) is 2.52. The molecule has 0 aliphatic rings. The van der Waals surface area contributed by atoms with Gasteiger partial charge in [-0.25, -0.2) is 15.0 Å². The van der Waals surface area contributed by atoms with Crippen molar-refractivity contribution in [2.24, 2.45) is 0 Å². The number of hydrogen-bond donors (Lipinski definition) is 0. The molecule has 5 aromatic rings. The van der Waals surface area contributed by atoms with Gasteiger partial charge < -0.3 is 4.74 Å². The maximum Gasteiger partial charge on any atom is 0.199 e. The van der Waals surface area contributed by atoms with E-state index < -0.39 is 0 Å². The molecule has 0 atom stereocenters. The molecule has 5 nitrogen and oxygen atoms in total. The van der Waals surface area contributed by atoms with Crippen LogP contribution in [0.1, 0.15) is 0 Å². The molecule has 0 amide bonds. The standard InChI is InChI=1S/C22H16N4O/c1-27-19-14-8-7-13-18(19)26-21(15-9-3-2-4-10-15)25-20-22(26)24-17-12-6-5-11-16(17)23-20/h2-14H,1H3. The molecule has 2 aromatic heterocycles. The Hall–Kier alpha value is -3.73. The van der Waals surface area contributed by atoms with Gasteiger partial charge in [-0.1, -0.05) is 54.6 Å². The fourth-order valence-electron chi connectivity index (χ4n) is 3.28. The molecule has 130 valence electrons. The highest BCUT2D eigenvalue weighted by atomic mass is 16.5. The first-order valence-corrected chi connectivity index (χ1v) is 8.69. The SMILES string of the molecule is COc1ccccc1-n1c(-c2ccccc2)nc2nc3ccccc3nc21. The predicted octanol–water partition coefficient (Wildman–Crippen LogP) is 4.64. The maximum atomic E-state index is 5.60. The molecule has 0 spiro atoms. The molecular weight excluding hydrogens is 336 g/mol.